The van der Waals surface area contributed by atoms with E-state index in [2.05, 4.69) is 31.2 Å². The van der Waals surface area contributed by atoms with Crippen LogP contribution in [0.15, 0.2) is 44.8 Å². The molecule has 0 spiro atoms. The molecule has 1 atom stereocenters. The molecule has 2 aromatic rings. The second-order valence-electron chi connectivity index (χ2n) is 4.69. The number of hydrogen-bond acceptors (Lipinski definition) is 4. The Morgan fingerprint density at radius 3 is 2.71 bits per heavy atom. The Balaban J connectivity index is 2.11. The van der Waals surface area contributed by atoms with Gasteiger partial charge in [-0.1, -0.05) is 33.8 Å². The molecule has 0 fully saturated rings. The lowest BCUT2D eigenvalue weighted by atomic mass is 10.3. The molecule has 0 radical (unpaired) electrons. The summed E-state index contributed by atoms with van der Waals surface area (Å²) in [5.74, 6) is -0.432. The SMILES string of the molecule is CC(Sc1nc(C(F)(F)F)cc(=O)[nH]1)C(=O)Nc1cccc(Br)c1. The second-order valence-corrected chi connectivity index (χ2v) is 6.94. The standard InChI is InChI=1S/C14H11BrF3N3O2S/c1-7(12(23)19-9-4-2-3-8(15)5-9)24-13-20-10(14(16,17)18)6-11(22)21-13/h2-7H,1H3,(H,19,23)(H,20,21,22). The Morgan fingerprint density at radius 1 is 1.38 bits per heavy atom. The molecule has 1 heterocycles. The van der Waals surface area contributed by atoms with Gasteiger partial charge in [-0.05, 0) is 25.1 Å². The molecule has 0 saturated heterocycles. The van der Waals surface area contributed by atoms with Crippen LogP contribution in [0.3, 0.4) is 0 Å². The van der Waals surface area contributed by atoms with Crippen molar-refractivity contribution < 1.29 is 18.0 Å². The zero-order valence-electron chi connectivity index (χ0n) is 12.1. The Labute approximate surface area is 147 Å². The van der Waals surface area contributed by atoms with Crippen LogP contribution in [0.1, 0.15) is 12.6 Å². The Kier molecular flexibility index (Phi) is 5.70. The highest BCUT2D eigenvalue weighted by molar-refractivity contribution is 9.10. The first-order chi connectivity index (χ1) is 11.1. The quantitative estimate of drug-likeness (QED) is 0.583. The molecule has 2 N–H and O–H groups in total. The van der Waals surface area contributed by atoms with Gasteiger partial charge >= 0.3 is 6.18 Å². The summed E-state index contributed by atoms with van der Waals surface area (Å²) >= 11 is 3.99. The van der Waals surface area contributed by atoms with Crippen LogP contribution in [0.25, 0.3) is 0 Å². The van der Waals surface area contributed by atoms with Crippen LogP contribution in [-0.2, 0) is 11.0 Å². The van der Waals surface area contributed by atoms with E-state index in [4.69, 9.17) is 0 Å². The van der Waals surface area contributed by atoms with Gasteiger partial charge in [0.1, 0.15) is 0 Å². The number of nitrogens with zero attached hydrogens (tertiary/aromatic N) is 1. The Hall–Kier alpha value is -1.81. The third-order valence-electron chi connectivity index (χ3n) is 2.76. The number of alkyl halides is 3. The van der Waals surface area contributed by atoms with E-state index in [-0.39, 0.29) is 5.16 Å². The minimum absolute atomic E-state index is 0.272. The van der Waals surface area contributed by atoms with Gasteiger partial charge in [-0.25, -0.2) is 4.98 Å². The van der Waals surface area contributed by atoms with E-state index in [1.54, 1.807) is 24.3 Å². The van der Waals surface area contributed by atoms with Gasteiger partial charge in [0.15, 0.2) is 10.9 Å². The fraction of sp³-hybridized carbons (Fsp3) is 0.214. The molecule has 10 heteroatoms. The molecule has 0 aliphatic carbocycles. The molecule has 0 aliphatic heterocycles. The summed E-state index contributed by atoms with van der Waals surface area (Å²) in [5.41, 5.74) is -1.69. The molecular weight excluding hydrogens is 411 g/mol. The molecule has 24 heavy (non-hydrogen) atoms. The highest BCUT2D eigenvalue weighted by Gasteiger charge is 2.33. The van der Waals surface area contributed by atoms with Crippen LogP contribution in [0, 0.1) is 0 Å². The molecule has 128 valence electrons. The predicted molar refractivity (Wildman–Crippen MR) is 88.0 cm³/mol. The van der Waals surface area contributed by atoms with Gasteiger partial charge in [-0.2, -0.15) is 13.2 Å². The van der Waals surface area contributed by atoms with E-state index in [0.717, 1.165) is 16.2 Å². The number of aromatic amines is 1. The number of halogens is 4. The van der Waals surface area contributed by atoms with Gasteiger partial charge in [0.05, 0.1) is 5.25 Å². The van der Waals surface area contributed by atoms with Crippen LogP contribution in [-0.4, -0.2) is 21.1 Å². The molecule has 2 rings (SSSR count). The summed E-state index contributed by atoms with van der Waals surface area (Å²) in [6, 6.07) is 7.23. The average molecular weight is 422 g/mol. The zero-order valence-corrected chi connectivity index (χ0v) is 14.6. The number of nitrogens with one attached hydrogen (secondary N) is 2. The van der Waals surface area contributed by atoms with Crippen LogP contribution in [0.4, 0.5) is 18.9 Å². The van der Waals surface area contributed by atoms with Crippen LogP contribution >= 0.6 is 27.7 Å². The summed E-state index contributed by atoms with van der Waals surface area (Å²) in [4.78, 5) is 29.0. The lowest BCUT2D eigenvalue weighted by Crippen LogP contribution is -2.24. The molecule has 0 saturated carbocycles. The van der Waals surface area contributed by atoms with Crippen LogP contribution in [0.5, 0.6) is 0 Å². The lowest BCUT2D eigenvalue weighted by molar-refractivity contribution is -0.141. The molecule has 0 bridgehead atoms. The minimum atomic E-state index is -4.73. The number of hydrogen-bond donors (Lipinski definition) is 2. The molecule has 1 aromatic heterocycles. The molecule has 0 aliphatic rings. The fourth-order valence-corrected chi connectivity index (χ4v) is 2.88. The number of thioether (sulfide) groups is 1. The normalized spacial score (nSPS) is 12.7. The van der Waals surface area contributed by atoms with Crippen LogP contribution < -0.4 is 10.9 Å². The van der Waals surface area contributed by atoms with Crippen molar-refractivity contribution in [2.75, 3.05) is 5.32 Å². The second kappa shape index (κ2) is 7.39. The van der Waals surface area contributed by atoms with E-state index in [1.165, 1.54) is 6.92 Å². The van der Waals surface area contributed by atoms with Gasteiger partial charge in [-0.3, -0.25) is 9.59 Å². The minimum Gasteiger partial charge on any atom is -0.325 e. The molecule has 1 unspecified atom stereocenters. The lowest BCUT2D eigenvalue weighted by Gasteiger charge is -2.12. The molecule has 5 nitrogen and oxygen atoms in total. The Bertz CT molecular complexity index is 810. The number of carbonyl (C=O) groups is 1. The first kappa shape index (κ1) is 18.5. The van der Waals surface area contributed by atoms with Crippen LogP contribution in [0.2, 0.25) is 0 Å². The van der Waals surface area contributed by atoms with Crippen molar-refractivity contribution >= 4 is 39.3 Å². The summed E-state index contributed by atoms with van der Waals surface area (Å²) in [5, 5.41) is 1.59. The summed E-state index contributed by atoms with van der Waals surface area (Å²) < 4.78 is 38.8. The van der Waals surface area contributed by atoms with E-state index >= 15 is 0 Å². The van der Waals surface area contributed by atoms with E-state index in [0.29, 0.717) is 11.8 Å². The van der Waals surface area contributed by atoms with Crippen molar-refractivity contribution in [1.29, 1.82) is 0 Å². The van der Waals surface area contributed by atoms with E-state index in [9.17, 15) is 22.8 Å². The third kappa shape index (κ3) is 5.10. The summed E-state index contributed by atoms with van der Waals surface area (Å²) in [7, 11) is 0. The topological polar surface area (TPSA) is 74.8 Å². The maximum absolute atomic E-state index is 12.7. The highest BCUT2D eigenvalue weighted by Crippen LogP contribution is 2.28. The maximum Gasteiger partial charge on any atom is 0.433 e. The molecular formula is C14H11BrF3N3O2S. The first-order valence-electron chi connectivity index (χ1n) is 6.57. The molecule has 1 amide bonds. The van der Waals surface area contributed by atoms with Crippen molar-refractivity contribution in [3.8, 4) is 0 Å². The summed E-state index contributed by atoms with van der Waals surface area (Å²) in [6.45, 7) is 1.50. The van der Waals surface area contributed by atoms with Crippen molar-refractivity contribution in [2.24, 2.45) is 0 Å². The maximum atomic E-state index is 12.7. The number of amides is 1. The van der Waals surface area contributed by atoms with Gasteiger partial charge in [0.25, 0.3) is 5.56 Å². The third-order valence-corrected chi connectivity index (χ3v) is 4.24. The van der Waals surface area contributed by atoms with Gasteiger partial charge in [-0.15, -0.1) is 0 Å². The number of anilines is 1. The smallest absolute Gasteiger partial charge is 0.325 e. The number of aromatic nitrogens is 2. The van der Waals surface area contributed by atoms with Crippen molar-refractivity contribution in [2.45, 2.75) is 23.5 Å². The van der Waals surface area contributed by atoms with Crippen molar-refractivity contribution in [3.05, 3.63) is 50.9 Å². The fourth-order valence-electron chi connectivity index (χ4n) is 1.67. The highest BCUT2D eigenvalue weighted by atomic mass is 79.9. The predicted octanol–water partition coefficient (Wildman–Crippen LogP) is 3.67. The first-order valence-corrected chi connectivity index (χ1v) is 8.24. The van der Waals surface area contributed by atoms with Crippen molar-refractivity contribution in [3.63, 3.8) is 0 Å². The largest absolute Gasteiger partial charge is 0.433 e. The number of carbonyl (C=O) groups excluding carboxylic acids is 1. The van der Waals surface area contributed by atoms with E-state index < -0.39 is 28.6 Å². The average Bonchev–Trinajstić information content (AvgIpc) is 2.45. The van der Waals surface area contributed by atoms with Crippen molar-refractivity contribution in [1.82, 2.24) is 9.97 Å². The molecule has 1 aromatic carbocycles. The Morgan fingerprint density at radius 2 is 2.08 bits per heavy atom. The van der Waals surface area contributed by atoms with E-state index in [1.807, 2.05) is 0 Å². The summed E-state index contributed by atoms with van der Waals surface area (Å²) in [6.07, 6.45) is -4.73. The van der Waals surface area contributed by atoms with Gasteiger partial charge in [0, 0.05) is 16.2 Å². The number of H-pyrrole nitrogens is 1. The zero-order chi connectivity index (χ0) is 17.9. The number of rotatable bonds is 4. The number of benzene rings is 1. The van der Waals surface area contributed by atoms with Gasteiger partial charge < -0.3 is 10.3 Å². The van der Waals surface area contributed by atoms with Gasteiger partial charge in [0.2, 0.25) is 5.91 Å². The monoisotopic (exact) mass is 421 g/mol.